The van der Waals surface area contributed by atoms with E-state index < -0.39 is 5.85 Å². The van der Waals surface area contributed by atoms with Crippen molar-refractivity contribution in [3.63, 3.8) is 0 Å². The van der Waals surface area contributed by atoms with Crippen LogP contribution in [0.2, 0.25) is 0 Å². The Labute approximate surface area is 44.6 Å². The van der Waals surface area contributed by atoms with E-state index in [4.69, 9.17) is 10.2 Å². The van der Waals surface area contributed by atoms with Crippen molar-refractivity contribution in [1.29, 1.82) is 0 Å². The lowest BCUT2D eigenvalue weighted by Gasteiger charge is -1.97. The predicted octanol–water partition coefficient (Wildman–Crippen LogP) is 0.119. The van der Waals surface area contributed by atoms with Crippen LogP contribution in [0.1, 0.15) is 0 Å². The second-order valence-electron chi connectivity index (χ2n) is 1.04. The van der Waals surface area contributed by atoms with Gasteiger partial charge in [0.1, 0.15) is 0 Å². The van der Waals surface area contributed by atoms with Gasteiger partial charge in [-0.2, -0.15) is 0 Å². The maximum absolute atomic E-state index is 8.59. The molecule has 2 nitrogen and oxygen atoms in total. The topological polar surface area (TPSA) is 40.5 Å². The molecule has 0 spiro atoms. The third-order valence-corrected chi connectivity index (χ3v) is 1.36. The van der Waals surface area contributed by atoms with Crippen molar-refractivity contribution in [3.05, 3.63) is 12.7 Å². The van der Waals surface area contributed by atoms with E-state index in [1.807, 2.05) is 0 Å². The number of hydrogen-bond donors (Lipinski definition) is 2. The van der Waals surface area contributed by atoms with E-state index in [1.165, 1.54) is 6.08 Å². The lowest BCUT2D eigenvalue weighted by molar-refractivity contribution is 0.298. The Balaban J connectivity index is 2.98. The second kappa shape index (κ2) is 4.25. The molecule has 0 aliphatic heterocycles. The zero-order chi connectivity index (χ0) is 5.70. The van der Waals surface area contributed by atoms with Crippen LogP contribution in [0.5, 0.6) is 0 Å². The highest BCUT2D eigenvalue weighted by molar-refractivity contribution is 7.38. The molecule has 42 valence electrons. The average molecular weight is 120 g/mol. The number of aliphatic hydroxyl groups is 2. The highest BCUT2D eigenvalue weighted by Gasteiger charge is 1.91. The minimum atomic E-state index is -0.509. The minimum Gasteiger partial charge on any atom is -0.392 e. The molecule has 0 saturated heterocycles. The average Bonchev–Trinajstić information content (AvgIpc) is 1.68. The molecule has 2 atom stereocenters. The summed E-state index contributed by atoms with van der Waals surface area (Å²) < 4.78 is 0. The lowest BCUT2D eigenvalue weighted by atomic mass is 10.7. The van der Waals surface area contributed by atoms with Gasteiger partial charge in [0, 0.05) is 0 Å². The Morgan fingerprint density at radius 2 is 2.43 bits per heavy atom. The van der Waals surface area contributed by atoms with E-state index in [2.05, 4.69) is 6.58 Å². The summed E-state index contributed by atoms with van der Waals surface area (Å²) in [6.07, 6.45) is 1.46. The Morgan fingerprint density at radius 1 is 1.86 bits per heavy atom. The van der Waals surface area contributed by atoms with Crippen molar-refractivity contribution in [2.24, 2.45) is 0 Å². The molecule has 0 aliphatic rings. The molecule has 0 aliphatic carbocycles. The summed E-state index contributed by atoms with van der Waals surface area (Å²) in [7, 11) is 0.182. The molecule has 0 aromatic carbocycles. The minimum absolute atomic E-state index is 0.0488. The summed E-state index contributed by atoms with van der Waals surface area (Å²) in [5.41, 5.74) is 0. The fraction of sp³-hybridized carbons (Fsp3) is 0.500. The molecule has 0 aromatic rings. The first-order valence-electron chi connectivity index (χ1n) is 1.96. The molecule has 3 heteroatoms. The van der Waals surface area contributed by atoms with Crippen LogP contribution in [0.15, 0.2) is 12.7 Å². The van der Waals surface area contributed by atoms with Gasteiger partial charge in [-0.05, 0) is 0 Å². The van der Waals surface area contributed by atoms with Gasteiger partial charge >= 0.3 is 0 Å². The molecule has 0 aromatic heterocycles. The summed E-state index contributed by atoms with van der Waals surface area (Å²) in [6, 6.07) is 0. The molecule has 0 saturated carbocycles. The van der Waals surface area contributed by atoms with E-state index in [0.717, 1.165) is 0 Å². The first kappa shape index (κ1) is 7.09. The molecule has 0 fully saturated rings. The fourth-order valence-corrected chi connectivity index (χ4v) is 0.531. The zero-order valence-corrected chi connectivity index (χ0v) is 4.96. The lowest BCUT2D eigenvalue weighted by Crippen LogP contribution is -1.91. The summed E-state index contributed by atoms with van der Waals surface area (Å²) in [6.45, 7) is 3.33. The van der Waals surface area contributed by atoms with Gasteiger partial charge in [-0.1, -0.05) is 14.7 Å². The van der Waals surface area contributed by atoms with Crippen LogP contribution < -0.4 is 0 Å². The van der Waals surface area contributed by atoms with Gasteiger partial charge in [-0.25, -0.2) is 0 Å². The van der Waals surface area contributed by atoms with Gasteiger partial charge in [0.2, 0.25) is 0 Å². The molecule has 2 N–H and O–H groups in total. The van der Waals surface area contributed by atoms with Gasteiger partial charge < -0.3 is 10.2 Å². The van der Waals surface area contributed by atoms with Gasteiger partial charge in [0.25, 0.3) is 0 Å². The third kappa shape index (κ3) is 3.93. The maximum atomic E-state index is 8.59. The van der Waals surface area contributed by atoms with Crippen LogP contribution in [0.25, 0.3) is 0 Å². The predicted molar refractivity (Wildman–Crippen MR) is 31.6 cm³/mol. The first-order valence-corrected chi connectivity index (χ1v) is 3.24. The SMILES string of the molecule is C=CC(O)PCO. The summed E-state index contributed by atoms with van der Waals surface area (Å²) >= 11 is 0. The molecule has 0 rings (SSSR count). The van der Waals surface area contributed by atoms with Crippen LogP contribution >= 0.6 is 8.58 Å². The monoisotopic (exact) mass is 120 g/mol. The summed E-state index contributed by atoms with van der Waals surface area (Å²) in [4.78, 5) is 0. The highest BCUT2D eigenvalue weighted by atomic mass is 31.1. The van der Waals surface area contributed by atoms with Crippen molar-refractivity contribution < 1.29 is 10.2 Å². The fourth-order valence-electron chi connectivity index (χ4n) is 0.177. The largest absolute Gasteiger partial charge is 0.392 e. The molecule has 0 radical (unpaired) electrons. The summed E-state index contributed by atoms with van der Waals surface area (Å²) in [5.74, 6) is -0.509. The van der Waals surface area contributed by atoms with Gasteiger partial charge in [-0.15, -0.1) is 6.58 Å². The molecule has 2 unspecified atom stereocenters. The quantitative estimate of drug-likeness (QED) is 0.410. The molecule has 0 amide bonds. The molecule has 0 bridgehead atoms. The Morgan fingerprint density at radius 3 is 2.57 bits per heavy atom. The number of aliphatic hydroxyl groups excluding tert-OH is 2. The van der Waals surface area contributed by atoms with E-state index in [-0.39, 0.29) is 14.9 Å². The van der Waals surface area contributed by atoms with E-state index >= 15 is 0 Å². The first-order chi connectivity index (χ1) is 3.31. The van der Waals surface area contributed by atoms with Crippen LogP contribution in [-0.2, 0) is 0 Å². The highest BCUT2D eigenvalue weighted by Crippen LogP contribution is 2.13. The standard InChI is InChI=1S/C4H9O2P/c1-2-4(6)7-3-5/h2,4-7H,1,3H2. The van der Waals surface area contributed by atoms with E-state index in [0.29, 0.717) is 0 Å². The van der Waals surface area contributed by atoms with Crippen molar-refractivity contribution in [2.45, 2.75) is 5.85 Å². The summed E-state index contributed by atoms with van der Waals surface area (Å²) in [5, 5.41) is 16.8. The van der Waals surface area contributed by atoms with Crippen molar-refractivity contribution in [3.8, 4) is 0 Å². The van der Waals surface area contributed by atoms with Crippen molar-refractivity contribution in [1.82, 2.24) is 0 Å². The van der Waals surface area contributed by atoms with Crippen LogP contribution in [0.4, 0.5) is 0 Å². The third-order valence-electron chi connectivity index (χ3n) is 0.524. The van der Waals surface area contributed by atoms with E-state index in [1.54, 1.807) is 0 Å². The normalized spacial score (nSPS) is 15.1. The Hall–Kier alpha value is 0.0900. The molecular formula is C4H9O2P. The van der Waals surface area contributed by atoms with Crippen molar-refractivity contribution >= 4 is 8.58 Å². The van der Waals surface area contributed by atoms with Gasteiger partial charge in [0.15, 0.2) is 0 Å². The Kier molecular flexibility index (Phi) is 4.31. The smallest absolute Gasteiger partial charge is 0.0900 e. The molecule has 0 heterocycles. The molecule has 7 heavy (non-hydrogen) atoms. The number of hydrogen-bond acceptors (Lipinski definition) is 2. The zero-order valence-electron chi connectivity index (χ0n) is 3.96. The van der Waals surface area contributed by atoms with Crippen LogP contribution in [0.3, 0.4) is 0 Å². The van der Waals surface area contributed by atoms with Gasteiger partial charge in [-0.3, -0.25) is 0 Å². The van der Waals surface area contributed by atoms with Gasteiger partial charge in [0.05, 0.1) is 12.2 Å². The van der Waals surface area contributed by atoms with E-state index in [9.17, 15) is 0 Å². The molecular weight excluding hydrogens is 111 g/mol. The second-order valence-corrected chi connectivity index (χ2v) is 2.36. The van der Waals surface area contributed by atoms with Crippen LogP contribution in [-0.4, -0.2) is 22.4 Å². The maximum Gasteiger partial charge on any atom is 0.0900 e. The van der Waals surface area contributed by atoms with Crippen molar-refractivity contribution in [2.75, 3.05) is 6.35 Å². The number of rotatable bonds is 3. The Bertz CT molecular complexity index is 55.7. The van der Waals surface area contributed by atoms with Crippen LogP contribution in [0, 0.1) is 0 Å².